The molecule has 1 atom stereocenters. The van der Waals surface area contributed by atoms with Crippen molar-refractivity contribution in [2.45, 2.75) is 38.8 Å². The van der Waals surface area contributed by atoms with Crippen LogP contribution in [-0.2, 0) is 6.54 Å². The van der Waals surface area contributed by atoms with Crippen molar-refractivity contribution in [3.8, 4) is 0 Å². The summed E-state index contributed by atoms with van der Waals surface area (Å²) in [7, 11) is 2.03. The molecule has 0 amide bonds. The molecular formula is C17H27N3. The fourth-order valence-electron chi connectivity index (χ4n) is 3.72. The number of nitrogens with zero attached hydrogens (tertiary/aromatic N) is 2. The van der Waals surface area contributed by atoms with Gasteiger partial charge in [0.15, 0.2) is 0 Å². The molecule has 0 aromatic heterocycles. The zero-order valence-corrected chi connectivity index (χ0v) is 12.9. The van der Waals surface area contributed by atoms with Crippen molar-refractivity contribution < 1.29 is 0 Å². The summed E-state index contributed by atoms with van der Waals surface area (Å²) in [6.45, 7) is 8.19. The minimum atomic E-state index is 0.779. The Bertz CT molecular complexity index is 452. The van der Waals surface area contributed by atoms with Crippen molar-refractivity contribution in [1.82, 2.24) is 10.2 Å². The van der Waals surface area contributed by atoms with E-state index in [1.807, 2.05) is 7.05 Å². The van der Waals surface area contributed by atoms with Gasteiger partial charge in [0.1, 0.15) is 0 Å². The van der Waals surface area contributed by atoms with Crippen molar-refractivity contribution in [2.24, 2.45) is 0 Å². The maximum Gasteiger partial charge on any atom is 0.0412 e. The molecule has 1 unspecified atom stereocenters. The lowest BCUT2D eigenvalue weighted by molar-refractivity contribution is 0.260. The molecule has 1 aromatic carbocycles. The number of rotatable bonds is 4. The first kappa shape index (κ1) is 13.9. The zero-order chi connectivity index (χ0) is 13.9. The van der Waals surface area contributed by atoms with Gasteiger partial charge in [0.25, 0.3) is 0 Å². The van der Waals surface area contributed by atoms with E-state index in [0.29, 0.717) is 0 Å². The van der Waals surface area contributed by atoms with E-state index in [2.05, 4.69) is 40.2 Å². The molecule has 2 aliphatic heterocycles. The van der Waals surface area contributed by atoms with Crippen molar-refractivity contribution in [2.75, 3.05) is 38.1 Å². The Morgan fingerprint density at radius 1 is 1.20 bits per heavy atom. The standard InChI is InChI=1S/C17H27N3/c1-14-5-6-17(15(11-14)12-18-2)20-10-7-16(13-20)19-8-3-4-9-19/h5-6,11,16,18H,3-4,7-10,12-13H2,1-2H3. The SMILES string of the molecule is CNCc1cc(C)ccc1N1CCC(N2CCCC2)C1. The van der Waals surface area contributed by atoms with Crippen LogP contribution in [0.1, 0.15) is 30.4 Å². The van der Waals surface area contributed by atoms with Gasteiger partial charge in [-0.1, -0.05) is 17.7 Å². The normalized spacial score (nSPS) is 23.7. The largest absolute Gasteiger partial charge is 0.370 e. The fraction of sp³-hybridized carbons (Fsp3) is 0.647. The van der Waals surface area contributed by atoms with Gasteiger partial charge in [-0.3, -0.25) is 4.90 Å². The van der Waals surface area contributed by atoms with Crippen LogP contribution in [-0.4, -0.2) is 44.2 Å². The highest BCUT2D eigenvalue weighted by molar-refractivity contribution is 5.56. The van der Waals surface area contributed by atoms with E-state index >= 15 is 0 Å². The maximum absolute atomic E-state index is 3.30. The molecule has 0 bridgehead atoms. The van der Waals surface area contributed by atoms with Crippen LogP contribution >= 0.6 is 0 Å². The molecule has 3 heteroatoms. The van der Waals surface area contributed by atoms with Crippen LogP contribution in [0.15, 0.2) is 18.2 Å². The van der Waals surface area contributed by atoms with Crippen LogP contribution < -0.4 is 10.2 Å². The summed E-state index contributed by atoms with van der Waals surface area (Å²) in [5, 5.41) is 3.30. The van der Waals surface area contributed by atoms with Gasteiger partial charge in [-0.2, -0.15) is 0 Å². The Balaban J connectivity index is 1.73. The number of hydrogen-bond acceptors (Lipinski definition) is 3. The van der Waals surface area contributed by atoms with Crippen LogP contribution in [0.2, 0.25) is 0 Å². The van der Waals surface area contributed by atoms with E-state index in [0.717, 1.165) is 12.6 Å². The molecule has 2 fully saturated rings. The second-order valence-corrected chi connectivity index (χ2v) is 6.29. The van der Waals surface area contributed by atoms with Crippen molar-refractivity contribution >= 4 is 5.69 Å². The smallest absolute Gasteiger partial charge is 0.0412 e. The first-order valence-electron chi connectivity index (χ1n) is 8.01. The van der Waals surface area contributed by atoms with Crippen LogP contribution in [0, 0.1) is 6.92 Å². The molecule has 3 rings (SSSR count). The number of aryl methyl sites for hydroxylation is 1. The second-order valence-electron chi connectivity index (χ2n) is 6.29. The Hall–Kier alpha value is -1.06. The summed E-state index contributed by atoms with van der Waals surface area (Å²) in [5.74, 6) is 0. The van der Waals surface area contributed by atoms with Gasteiger partial charge in [-0.05, 0) is 58.0 Å². The minimum absolute atomic E-state index is 0.779. The van der Waals surface area contributed by atoms with Crippen LogP contribution in [0.25, 0.3) is 0 Å². The first-order valence-corrected chi connectivity index (χ1v) is 8.01. The molecule has 0 spiro atoms. The minimum Gasteiger partial charge on any atom is -0.370 e. The maximum atomic E-state index is 3.30. The van der Waals surface area contributed by atoms with Crippen molar-refractivity contribution in [3.63, 3.8) is 0 Å². The van der Waals surface area contributed by atoms with Crippen LogP contribution in [0.3, 0.4) is 0 Å². The molecule has 2 saturated heterocycles. The molecule has 2 aliphatic rings. The van der Waals surface area contributed by atoms with Gasteiger partial charge >= 0.3 is 0 Å². The average molecular weight is 273 g/mol. The van der Waals surface area contributed by atoms with E-state index in [1.54, 1.807) is 0 Å². The van der Waals surface area contributed by atoms with Gasteiger partial charge in [0.05, 0.1) is 0 Å². The third-order valence-corrected chi connectivity index (χ3v) is 4.76. The predicted octanol–water partition coefficient (Wildman–Crippen LogP) is 2.39. The highest BCUT2D eigenvalue weighted by Gasteiger charge is 2.29. The Kier molecular flexibility index (Phi) is 4.27. The molecule has 0 radical (unpaired) electrons. The lowest BCUT2D eigenvalue weighted by atomic mass is 10.1. The number of likely N-dealkylation sites (tertiary alicyclic amines) is 1. The average Bonchev–Trinajstić information content (AvgIpc) is 3.10. The molecule has 20 heavy (non-hydrogen) atoms. The summed E-state index contributed by atoms with van der Waals surface area (Å²) in [6.07, 6.45) is 4.12. The first-order chi connectivity index (χ1) is 9.78. The summed E-state index contributed by atoms with van der Waals surface area (Å²) in [4.78, 5) is 5.29. The zero-order valence-electron chi connectivity index (χ0n) is 12.9. The molecule has 2 heterocycles. The number of benzene rings is 1. The molecule has 3 nitrogen and oxygen atoms in total. The summed E-state index contributed by atoms with van der Waals surface area (Å²) < 4.78 is 0. The van der Waals surface area contributed by atoms with Gasteiger partial charge in [0, 0.05) is 31.4 Å². The quantitative estimate of drug-likeness (QED) is 0.909. The van der Waals surface area contributed by atoms with E-state index < -0.39 is 0 Å². The van der Waals surface area contributed by atoms with Gasteiger partial charge in [-0.15, -0.1) is 0 Å². The van der Waals surface area contributed by atoms with E-state index in [9.17, 15) is 0 Å². The lowest BCUT2D eigenvalue weighted by Crippen LogP contribution is -2.35. The van der Waals surface area contributed by atoms with Gasteiger partial charge < -0.3 is 10.2 Å². The molecule has 110 valence electrons. The Morgan fingerprint density at radius 2 is 2.00 bits per heavy atom. The van der Waals surface area contributed by atoms with Crippen LogP contribution in [0.4, 0.5) is 5.69 Å². The molecule has 0 saturated carbocycles. The molecular weight excluding hydrogens is 246 g/mol. The van der Waals surface area contributed by atoms with E-state index in [4.69, 9.17) is 0 Å². The predicted molar refractivity (Wildman–Crippen MR) is 85.4 cm³/mol. The van der Waals surface area contributed by atoms with E-state index in [1.165, 1.54) is 62.3 Å². The summed E-state index contributed by atoms with van der Waals surface area (Å²) in [5.41, 5.74) is 4.23. The summed E-state index contributed by atoms with van der Waals surface area (Å²) >= 11 is 0. The monoisotopic (exact) mass is 273 g/mol. The second kappa shape index (κ2) is 6.15. The van der Waals surface area contributed by atoms with E-state index in [-0.39, 0.29) is 0 Å². The molecule has 0 aliphatic carbocycles. The van der Waals surface area contributed by atoms with Gasteiger partial charge in [-0.25, -0.2) is 0 Å². The number of hydrogen-bond donors (Lipinski definition) is 1. The van der Waals surface area contributed by atoms with Gasteiger partial charge in [0.2, 0.25) is 0 Å². The highest BCUT2D eigenvalue weighted by atomic mass is 15.3. The third kappa shape index (κ3) is 2.84. The Morgan fingerprint density at radius 3 is 2.75 bits per heavy atom. The number of nitrogens with one attached hydrogen (secondary N) is 1. The topological polar surface area (TPSA) is 18.5 Å². The number of anilines is 1. The third-order valence-electron chi connectivity index (χ3n) is 4.76. The fourth-order valence-corrected chi connectivity index (χ4v) is 3.72. The molecule has 1 N–H and O–H groups in total. The molecule has 1 aromatic rings. The highest BCUT2D eigenvalue weighted by Crippen LogP contribution is 2.28. The van der Waals surface area contributed by atoms with Crippen molar-refractivity contribution in [3.05, 3.63) is 29.3 Å². The summed E-state index contributed by atoms with van der Waals surface area (Å²) in [6, 6.07) is 7.67. The lowest BCUT2D eigenvalue weighted by Gasteiger charge is -2.26. The van der Waals surface area contributed by atoms with Crippen LogP contribution in [0.5, 0.6) is 0 Å². The van der Waals surface area contributed by atoms with Crippen molar-refractivity contribution in [1.29, 1.82) is 0 Å². The Labute approximate surface area is 123 Å².